The first kappa shape index (κ1) is 15.4. The molecule has 3 heteroatoms. The summed E-state index contributed by atoms with van der Waals surface area (Å²) in [5.41, 5.74) is 0.159. The molecule has 0 aliphatic heterocycles. The van der Waals surface area contributed by atoms with Gasteiger partial charge in [-0.2, -0.15) is 0 Å². The normalized spacial score (nSPS) is 16.6. The molecule has 77 valence electrons. The van der Waals surface area contributed by atoms with E-state index in [0.717, 1.165) is 25.1 Å². The zero-order valence-corrected chi connectivity index (χ0v) is 10.3. The van der Waals surface area contributed by atoms with Crippen LogP contribution in [0.3, 0.4) is 0 Å². The van der Waals surface area contributed by atoms with E-state index >= 15 is 0 Å². The van der Waals surface area contributed by atoms with Crippen LogP contribution in [0, 0.1) is 37.7 Å². The van der Waals surface area contributed by atoms with E-state index in [2.05, 4.69) is 11.9 Å². The van der Waals surface area contributed by atoms with E-state index in [1.807, 2.05) is 20.8 Å². The van der Waals surface area contributed by atoms with Gasteiger partial charge in [0.2, 0.25) is 0 Å². The molecular formula is C9H19HoNO. The standard InChI is InChI=1S/C9H19NO.Ho/c1-5-7-9(4,11)8(3)10-6-2;/h11H,5-7H2,1-4H3;. The van der Waals surface area contributed by atoms with Crippen molar-refractivity contribution in [1.82, 2.24) is 0 Å². The van der Waals surface area contributed by atoms with Crippen LogP contribution in [0.25, 0.3) is 0 Å². The Morgan fingerprint density at radius 3 is 2.25 bits per heavy atom. The van der Waals surface area contributed by atoms with Gasteiger partial charge in [-0.05, 0) is 27.2 Å². The summed E-state index contributed by atoms with van der Waals surface area (Å²) < 4.78 is 0. The predicted molar refractivity (Wildman–Crippen MR) is 49.2 cm³/mol. The van der Waals surface area contributed by atoms with E-state index in [-0.39, 0.29) is 37.7 Å². The molecule has 0 aliphatic rings. The molecule has 0 rings (SSSR count). The minimum absolute atomic E-state index is 0. The summed E-state index contributed by atoms with van der Waals surface area (Å²) in [4.78, 5) is 4.18. The molecule has 2 nitrogen and oxygen atoms in total. The fourth-order valence-corrected chi connectivity index (χ4v) is 1.08. The Morgan fingerprint density at radius 1 is 1.42 bits per heavy atom. The maximum atomic E-state index is 9.78. The summed E-state index contributed by atoms with van der Waals surface area (Å²) in [6.07, 6.45) is 1.78. The Hall–Kier alpha value is 0.890. The molecule has 1 atom stereocenters. The zero-order valence-electron chi connectivity index (χ0n) is 8.32. The molecule has 0 aromatic heterocycles. The molecule has 0 saturated heterocycles. The third-order valence-electron chi connectivity index (χ3n) is 1.91. The smallest absolute Gasteiger partial charge is 0.0991 e. The van der Waals surface area contributed by atoms with E-state index in [1.54, 1.807) is 0 Å². The van der Waals surface area contributed by atoms with Crippen molar-refractivity contribution in [1.29, 1.82) is 0 Å². The van der Waals surface area contributed by atoms with Gasteiger partial charge in [-0.15, -0.1) is 0 Å². The maximum Gasteiger partial charge on any atom is 0.0991 e. The van der Waals surface area contributed by atoms with Gasteiger partial charge in [0.25, 0.3) is 0 Å². The molecule has 1 unspecified atom stereocenters. The quantitative estimate of drug-likeness (QED) is 0.623. The summed E-state index contributed by atoms with van der Waals surface area (Å²) in [5.74, 6) is 0. The Morgan fingerprint density at radius 2 is 1.92 bits per heavy atom. The van der Waals surface area contributed by atoms with Crippen molar-refractivity contribution in [3.8, 4) is 0 Å². The summed E-state index contributed by atoms with van der Waals surface area (Å²) in [6.45, 7) is 8.51. The number of nitrogens with zero attached hydrogens (tertiary/aromatic N) is 1. The fraction of sp³-hybridized carbons (Fsp3) is 0.889. The number of hydrogen-bond acceptors (Lipinski definition) is 2. The molecule has 1 N–H and O–H groups in total. The van der Waals surface area contributed by atoms with Crippen LogP contribution in [0.4, 0.5) is 0 Å². The van der Waals surface area contributed by atoms with Gasteiger partial charge in [-0.25, -0.2) is 0 Å². The van der Waals surface area contributed by atoms with Crippen molar-refractivity contribution in [3.63, 3.8) is 0 Å². The average Bonchev–Trinajstić information content (AvgIpc) is 1.88. The number of rotatable bonds is 4. The van der Waals surface area contributed by atoms with E-state index in [9.17, 15) is 5.11 Å². The zero-order chi connectivity index (χ0) is 8.91. The van der Waals surface area contributed by atoms with Gasteiger partial charge < -0.3 is 5.11 Å². The summed E-state index contributed by atoms with van der Waals surface area (Å²) >= 11 is 0. The van der Waals surface area contributed by atoms with Gasteiger partial charge in [0.15, 0.2) is 0 Å². The summed E-state index contributed by atoms with van der Waals surface area (Å²) in [7, 11) is 0. The number of aliphatic imine (C=N–C) groups is 1. The van der Waals surface area contributed by atoms with Crippen LogP contribution in [0.2, 0.25) is 0 Å². The number of hydrogen-bond donors (Lipinski definition) is 1. The van der Waals surface area contributed by atoms with Crippen molar-refractivity contribution < 1.29 is 42.8 Å². The molecule has 1 radical (unpaired) electrons. The molecule has 0 aliphatic carbocycles. The van der Waals surface area contributed by atoms with Crippen LogP contribution in [0.1, 0.15) is 40.5 Å². The van der Waals surface area contributed by atoms with Crippen molar-refractivity contribution >= 4 is 5.71 Å². The van der Waals surface area contributed by atoms with Crippen LogP contribution in [-0.2, 0) is 0 Å². The van der Waals surface area contributed by atoms with Crippen molar-refractivity contribution in [2.24, 2.45) is 4.99 Å². The molecule has 0 amide bonds. The largest absolute Gasteiger partial charge is 0.384 e. The van der Waals surface area contributed by atoms with Crippen LogP contribution in [0.5, 0.6) is 0 Å². The molecule has 0 aromatic carbocycles. The SMILES string of the molecule is CCCC(C)(O)C(C)=NCC.[Ho]. The Labute approximate surface area is 105 Å². The number of aliphatic hydroxyl groups is 1. The van der Waals surface area contributed by atoms with Gasteiger partial charge in [0.1, 0.15) is 0 Å². The first-order valence-electron chi connectivity index (χ1n) is 4.28. The van der Waals surface area contributed by atoms with Crippen LogP contribution >= 0.6 is 0 Å². The molecule has 0 heterocycles. The fourth-order valence-electron chi connectivity index (χ4n) is 1.08. The van der Waals surface area contributed by atoms with Gasteiger partial charge in [-0.3, -0.25) is 4.99 Å². The van der Waals surface area contributed by atoms with Crippen LogP contribution in [0.15, 0.2) is 4.99 Å². The van der Waals surface area contributed by atoms with Crippen LogP contribution < -0.4 is 0 Å². The molecule has 0 fully saturated rings. The Bertz CT molecular complexity index is 143. The second kappa shape index (κ2) is 7.31. The van der Waals surface area contributed by atoms with Crippen molar-refractivity contribution in [2.45, 2.75) is 46.1 Å². The van der Waals surface area contributed by atoms with Crippen molar-refractivity contribution in [3.05, 3.63) is 0 Å². The molecule has 0 saturated carbocycles. The minimum Gasteiger partial charge on any atom is -0.384 e. The molecular weight excluding hydrogens is 303 g/mol. The average molecular weight is 322 g/mol. The topological polar surface area (TPSA) is 32.6 Å². The second-order valence-electron chi connectivity index (χ2n) is 3.08. The third kappa shape index (κ3) is 5.52. The molecule has 0 spiro atoms. The van der Waals surface area contributed by atoms with Gasteiger partial charge in [-0.1, -0.05) is 13.3 Å². The first-order valence-corrected chi connectivity index (χ1v) is 4.28. The van der Waals surface area contributed by atoms with Gasteiger partial charge in [0, 0.05) is 50.0 Å². The van der Waals surface area contributed by atoms with Gasteiger partial charge in [0.05, 0.1) is 5.60 Å². The summed E-state index contributed by atoms with van der Waals surface area (Å²) in [6, 6.07) is 0. The van der Waals surface area contributed by atoms with E-state index in [1.165, 1.54) is 0 Å². The van der Waals surface area contributed by atoms with Crippen LogP contribution in [-0.4, -0.2) is 23.0 Å². The Balaban J connectivity index is 0. The molecule has 0 bridgehead atoms. The summed E-state index contributed by atoms with van der Waals surface area (Å²) in [5, 5.41) is 9.78. The van der Waals surface area contributed by atoms with E-state index in [0.29, 0.717) is 0 Å². The van der Waals surface area contributed by atoms with Crippen molar-refractivity contribution in [2.75, 3.05) is 6.54 Å². The predicted octanol–water partition coefficient (Wildman–Crippen LogP) is 2.02. The Kier molecular flexibility index (Phi) is 9.36. The van der Waals surface area contributed by atoms with E-state index in [4.69, 9.17) is 0 Å². The molecule has 0 aromatic rings. The molecule has 12 heavy (non-hydrogen) atoms. The third-order valence-corrected chi connectivity index (χ3v) is 1.91. The first-order chi connectivity index (χ1) is 5.04. The van der Waals surface area contributed by atoms with E-state index < -0.39 is 5.60 Å². The monoisotopic (exact) mass is 322 g/mol. The van der Waals surface area contributed by atoms with Gasteiger partial charge >= 0.3 is 0 Å². The maximum absolute atomic E-state index is 9.78. The minimum atomic E-state index is -0.690. The second-order valence-corrected chi connectivity index (χ2v) is 3.08.